The Labute approximate surface area is 137 Å². The van der Waals surface area contributed by atoms with Crippen molar-refractivity contribution >= 4 is 40.1 Å². The second-order valence-corrected chi connectivity index (χ2v) is 8.93. The molecule has 122 valence electrons. The molecule has 0 fully saturated rings. The van der Waals surface area contributed by atoms with Gasteiger partial charge in [-0.1, -0.05) is 12.1 Å². The maximum atomic E-state index is 12.1. The molecule has 0 aliphatic carbocycles. The smallest absolute Gasteiger partial charge is 0.313 e. The van der Waals surface area contributed by atoms with Gasteiger partial charge in [0.1, 0.15) is 0 Å². The zero-order chi connectivity index (χ0) is 16.8. The van der Waals surface area contributed by atoms with E-state index in [0.717, 1.165) is 17.3 Å². The quantitative estimate of drug-likeness (QED) is 0.795. The number of carbonyl (C=O) groups is 2. The van der Waals surface area contributed by atoms with Crippen molar-refractivity contribution in [2.75, 3.05) is 16.8 Å². The van der Waals surface area contributed by atoms with Crippen LogP contribution < -0.4 is 5.32 Å². The second-order valence-electron chi connectivity index (χ2n) is 5.74. The van der Waals surface area contributed by atoms with Gasteiger partial charge in [0, 0.05) is 27.0 Å². The van der Waals surface area contributed by atoms with Gasteiger partial charge in [0.15, 0.2) is 0 Å². The third-order valence-electron chi connectivity index (χ3n) is 2.65. The van der Waals surface area contributed by atoms with E-state index in [0.29, 0.717) is 11.4 Å². The van der Waals surface area contributed by atoms with Crippen molar-refractivity contribution in [1.82, 2.24) is 0 Å². The highest BCUT2D eigenvalue weighted by Crippen LogP contribution is 2.18. The molecular formula is C15H21NO4S2. The molecule has 0 spiro atoms. The lowest BCUT2D eigenvalue weighted by molar-refractivity contribution is -0.133. The van der Waals surface area contributed by atoms with Gasteiger partial charge in [-0.3, -0.25) is 13.8 Å². The van der Waals surface area contributed by atoms with E-state index in [1.807, 2.05) is 26.8 Å². The van der Waals surface area contributed by atoms with Gasteiger partial charge >= 0.3 is 5.97 Å². The van der Waals surface area contributed by atoms with Crippen LogP contribution in [0.5, 0.6) is 0 Å². The number of nitrogens with one attached hydrogen (secondary N) is 1. The summed E-state index contributed by atoms with van der Waals surface area (Å²) in [7, 11) is -1.00. The Morgan fingerprint density at radius 3 is 2.55 bits per heavy atom. The molecule has 7 heteroatoms. The molecule has 2 N–H and O–H groups in total. The van der Waals surface area contributed by atoms with Crippen molar-refractivity contribution in [3.63, 3.8) is 0 Å². The lowest BCUT2D eigenvalue weighted by Gasteiger charge is -2.18. The minimum Gasteiger partial charge on any atom is -0.481 e. The number of aliphatic carboxylic acids is 1. The van der Waals surface area contributed by atoms with Crippen molar-refractivity contribution in [2.24, 2.45) is 0 Å². The van der Waals surface area contributed by atoms with Gasteiger partial charge in [-0.2, -0.15) is 0 Å². The lowest BCUT2D eigenvalue weighted by atomic mass is 10.2. The van der Waals surface area contributed by atoms with E-state index in [1.54, 1.807) is 18.2 Å². The number of carbonyl (C=O) groups excluding carboxylic acids is 1. The molecule has 5 nitrogen and oxygen atoms in total. The monoisotopic (exact) mass is 343 g/mol. The minimum atomic E-state index is -1.00. The van der Waals surface area contributed by atoms with Crippen LogP contribution in [0.15, 0.2) is 24.3 Å². The Morgan fingerprint density at radius 1 is 1.27 bits per heavy atom. The zero-order valence-electron chi connectivity index (χ0n) is 12.9. The number of thioether (sulfide) groups is 1. The molecular weight excluding hydrogens is 322 g/mol. The van der Waals surface area contributed by atoms with Crippen LogP contribution in [-0.2, 0) is 26.1 Å². The van der Waals surface area contributed by atoms with Gasteiger partial charge in [0.25, 0.3) is 0 Å². The van der Waals surface area contributed by atoms with E-state index in [2.05, 4.69) is 5.32 Å². The standard InChI is InChI=1S/C15H21NO4S2/c1-15(2,3)22(20)10-11-5-4-6-12(7-11)16-13(17)8-21-9-14(18)19/h4-7H,8-10H2,1-3H3,(H,16,17)(H,18,19). The van der Waals surface area contributed by atoms with Crippen molar-refractivity contribution in [2.45, 2.75) is 31.3 Å². The first-order valence-electron chi connectivity index (χ1n) is 6.75. The van der Waals surface area contributed by atoms with Crippen molar-refractivity contribution in [3.8, 4) is 0 Å². The molecule has 1 aromatic carbocycles. The van der Waals surface area contributed by atoms with Gasteiger partial charge in [-0.25, -0.2) is 0 Å². The first kappa shape index (κ1) is 18.7. The lowest BCUT2D eigenvalue weighted by Crippen LogP contribution is -2.23. The van der Waals surface area contributed by atoms with Gasteiger partial charge in [0.2, 0.25) is 5.91 Å². The number of benzene rings is 1. The molecule has 1 rings (SSSR count). The second kappa shape index (κ2) is 8.33. The molecule has 0 aliphatic rings. The third-order valence-corrected chi connectivity index (χ3v) is 5.53. The Hall–Kier alpha value is -1.34. The number of anilines is 1. The SMILES string of the molecule is CC(C)(C)S(=O)Cc1cccc(NC(=O)CSCC(=O)O)c1. The van der Waals surface area contributed by atoms with Crippen LogP contribution in [0.25, 0.3) is 0 Å². The fourth-order valence-electron chi connectivity index (χ4n) is 1.53. The number of hydrogen-bond acceptors (Lipinski definition) is 4. The highest BCUT2D eigenvalue weighted by molar-refractivity contribution is 8.00. The Kier molecular flexibility index (Phi) is 7.09. The number of carboxylic acids is 1. The summed E-state index contributed by atoms with van der Waals surface area (Å²) in [6, 6.07) is 7.22. The van der Waals surface area contributed by atoms with Gasteiger partial charge < -0.3 is 10.4 Å². The molecule has 0 aromatic heterocycles. The summed E-state index contributed by atoms with van der Waals surface area (Å²) in [4.78, 5) is 22.1. The van der Waals surface area contributed by atoms with Crippen LogP contribution in [0.3, 0.4) is 0 Å². The largest absolute Gasteiger partial charge is 0.481 e. The van der Waals surface area contributed by atoms with Gasteiger partial charge in [0.05, 0.1) is 11.5 Å². The maximum Gasteiger partial charge on any atom is 0.313 e. The average molecular weight is 343 g/mol. The summed E-state index contributed by atoms with van der Waals surface area (Å²) < 4.78 is 11.9. The molecule has 22 heavy (non-hydrogen) atoms. The van der Waals surface area contributed by atoms with E-state index in [9.17, 15) is 13.8 Å². The molecule has 1 atom stereocenters. The van der Waals surface area contributed by atoms with Crippen LogP contribution in [0.1, 0.15) is 26.3 Å². The maximum absolute atomic E-state index is 12.1. The number of hydrogen-bond donors (Lipinski definition) is 2. The van der Waals surface area contributed by atoms with Crippen molar-refractivity contribution in [3.05, 3.63) is 29.8 Å². The van der Waals surface area contributed by atoms with Crippen LogP contribution in [0, 0.1) is 0 Å². The first-order chi connectivity index (χ1) is 10.2. The zero-order valence-corrected chi connectivity index (χ0v) is 14.6. The number of carboxylic acid groups (broad SMARTS) is 1. The molecule has 0 saturated carbocycles. The molecule has 0 heterocycles. The summed E-state index contributed by atoms with van der Waals surface area (Å²) in [6.07, 6.45) is 0. The fraction of sp³-hybridized carbons (Fsp3) is 0.467. The van der Waals surface area contributed by atoms with Crippen LogP contribution >= 0.6 is 11.8 Å². The van der Waals surface area contributed by atoms with E-state index in [-0.39, 0.29) is 22.2 Å². The van der Waals surface area contributed by atoms with Crippen molar-refractivity contribution < 1.29 is 18.9 Å². The predicted molar refractivity (Wildman–Crippen MR) is 91.6 cm³/mol. The van der Waals surface area contributed by atoms with E-state index >= 15 is 0 Å². The molecule has 1 unspecified atom stereocenters. The molecule has 0 saturated heterocycles. The number of rotatable bonds is 7. The topological polar surface area (TPSA) is 83.5 Å². The van der Waals surface area contributed by atoms with Crippen LogP contribution in [-0.4, -0.2) is 37.4 Å². The summed E-state index contributed by atoms with van der Waals surface area (Å²) >= 11 is 1.05. The first-order valence-corrected chi connectivity index (χ1v) is 9.22. The van der Waals surface area contributed by atoms with E-state index in [1.165, 1.54) is 0 Å². The van der Waals surface area contributed by atoms with Gasteiger partial charge in [-0.05, 0) is 38.5 Å². The summed E-state index contributed by atoms with van der Waals surface area (Å²) in [5, 5.41) is 11.2. The van der Waals surface area contributed by atoms with E-state index in [4.69, 9.17) is 5.11 Å². The predicted octanol–water partition coefficient (Wildman–Crippen LogP) is 2.49. The third kappa shape index (κ3) is 7.09. The summed E-state index contributed by atoms with van der Waals surface area (Å²) in [5.74, 6) is -0.770. The normalized spacial score (nSPS) is 12.7. The van der Waals surface area contributed by atoms with Gasteiger partial charge in [-0.15, -0.1) is 11.8 Å². The number of amides is 1. The minimum absolute atomic E-state index is 0.0877. The average Bonchev–Trinajstić information content (AvgIpc) is 2.37. The Bertz CT molecular complexity index is 567. The molecule has 0 aliphatic heterocycles. The van der Waals surface area contributed by atoms with Crippen LogP contribution in [0.2, 0.25) is 0 Å². The highest BCUT2D eigenvalue weighted by atomic mass is 32.2. The Morgan fingerprint density at radius 2 is 1.95 bits per heavy atom. The van der Waals surface area contributed by atoms with E-state index < -0.39 is 16.8 Å². The fourth-order valence-corrected chi connectivity index (χ4v) is 2.98. The molecule has 1 amide bonds. The summed E-state index contributed by atoms with van der Waals surface area (Å²) in [6.45, 7) is 5.78. The molecule has 1 aromatic rings. The molecule has 0 radical (unpaired) electrons. The Balaban J connectivity index is 2.59. The van der Waals surface area contributed by atoms with Crippen molar-refractivity contribution in [1.29, 1.82) is 0 Å². The van der Waals surface area contributed by atoms with Crippen LogP contribution in [0.4, 0.5) is 5.69 Å². The molecule has 0 bridgehead atoms. The highest BCUT2D eigenvalue weighted by Gasteiger charge is 2.19. The summed E-state index contributed by atoms with van der Waals surface area (Å²) in [5.41, 5.74) is 1.52.